The van der Waals surface area contributed by atoms with E-state index in [4.69, 9.17) is 0 Å². The fraction of sp³-hybridized carbons (Fsp3) is 0. The third-order valence-electron chi connectivity index (χ3n) is 1.61. The highest BCUT2D eigenvalue weighted by Crippen LogP contribution is 2.09. The van der Waals surface area contributed by atoms with Gasteiger partial charge in [-0.15, -0.1) is 10.8 Å². The van der Waals surface area contributed by atoms with Gasteiger partial charge in [-0.3, -0.25) is 0 Å². The molecule has 1 unspecified atom stereocenters. The van der Waals surface area contributed by atoms with Gasteiger partial charge in [-0.05, 0) is 12.1 Å². The van der Waals surface area contributed by atoms with Gasteiger partial charge in [0.25, 0.3) is 0 Å². The molecule has 4 nitrogen and oxygen atoms in total. The van der Waals surface area contributed by atoms with Crippen LogP contribution in [0.1, 0.15) is 0 Å². The van der Waals surface area contributed by atoms with E-state index < -0.39 is 0 Å². The van der Waals surface area contributed by atoms with Crippen molar-refractivity contribution in [2.24, 2.45) is 0 Å². The van der Waals surface area contributed by atoms with Crippen LogP contribution in [0.2, 0.25) is 0 Å². The van der Waals surface area contributed by atoms with Crippen LogP contribution < -0.4 is 10.5 Å². The first-order valence-corrected chi connectivity index (χ1v) is 4.29. The van der Waals surface area contributed by atoms with Crippen molar-refractivity contribution >= 4 is 14.7 Å². The summed E-state index contributed by atoms with van der Waals surface area (Å²) < 4.78 is 1.61. The Kier molecular flexibility index (Phi) is 1.99. The maximum atomic E-state index is 10.8. The molecule has 0 spiro atoms. The second kappa shape index (κ2) is 3.15. The standard InChI is InChI=1S/C8H8N3OP/c12-7-3-1-6(2-4-7)11-5-8(13)9-10-11/h1-5,12H,13H2/p-1. The maximum Gasteiger partial charge on any atom is 0.0995 e. The van der Waals surface area contributed by atoms with Crippen molar-refractivity contribution in [3.8, 4) is 11.4 Å². The topological polar surface area (TPSA) is 53.8 Å². The van der Waals surface area contributed by atoms with Gasteiger partial charge >= 0.3 is 0 Å². The Morgan fingerprint density at radius 3 is 2.46 bits per heavy atom. The van der Waals surface area contributed by atoms with Gasteiger partial charge in [0.05, 0.1) is 17.3 Å². The summed E-state index contributed by atoms with van der Waals surface area (Å²) in [5, 5.41) is 18.5. The average Bonchev–Trinajstić information content (AvgIpc) is 2.53. The van der Waals surface area contributed by atoms with E-state index >= 15 is 0 Å². The molecule has 13 heavy (non-hydrogen) atoms. The Hall–Kier alpha value is -1.41. The molecule has 0 aliphatic rings. The van der Waals surface area contributed by atoms with E-state index in [1.54, 1.807) is 23.0 Å². The molecule has 0 aliphatic heterocycles. The van der Waals surface area contributed by atoms with Gasteiger partial charge in [0.15, 0.2) is 0 Å². The zero-order chi connectivity index (χ0) is 9.26. The lowest BCUT2D eigenvalue weighted by Gasteiger charge is -2.05. The zero-order valence-corrected chi connectivity index (χ0v) is 7.87. The maximum absolute atomic E-state index is 10.8. The molecule has 1 atom stereocenters. The van der Waals surface area contributed by atoms with Crippen LogP contribution >= 0.6 is 9.24 Å². The molecule has 0 radical (unpaired) electrons. The molecule has 1 heterocycles. The molecular formula is C8H7N3OP-. The first-order valence-electron chi connectivity index (χ1n) is 3.71. The first kappa shape index (κ1) is 8.20. The van der Waals surface area contributed by atoms with E-state index in [9.17, 15) is 5.11 Å². The van der Waals surface area contributed by atoms with Crippen molar-refractivity contribution in [1.29, 1.82) is 0 Å². The van der Waals surface area contributed by atoms with Crippen molar-refractivity contribution in [2.45, 2.75) is 0 Å². The van der Waals surface area contributed by atoms with Gasteiger partial charge in [-0.2, -0.15) is 0 Å². The van der Waals surface area contributed by atoms with Crippen molar-refractivity contribution in [3.05, 3.63) is 30.5 Å². The predicted molar refractivity (Wildman–Crippen MR) is 50.1 cm³/mol. The highest BCUT2D eigenvalue weighted by Gasteiger charge is 1.96. The molecule has 0 bridgehead atoms. The Bertz CT molecular complexity index is 410. The summed E-state index contributed by atoms with van der Waals surface area (Å²) in [4.78, 5) is 0. The molecule has 0 amide bonds. The van der Waals surface area contributed by atoms with Gasteiger partial charge in [0.1, 0.15) is 0 Å². The Morgan fingerprint density at radius 2 is 1.92 bits per heavy atom. The average molecular weight is 192 g/mol. The highest BCUT2D eigenvalue weighted by molar-refractivity contribution is 7.26. The predicted octanol–water partition coefficient (Wildman–Crippen LogP) is -0.159. The van der Waals surface area contributed by atoms with Crippen LogP contribution in [0.25, 0.3) is 5.69 Å². The zero-order valence-electron chi connectivity index (χ0n) is 6.71. The van der Waals surface area contributed by atoms with Crippen molar-refractivity contribution in [1.82, 2.24) is 15.0 Å². The summed E-state index contributed by atoms with van der Waals surface area (Å²) >= 11 is 0. The highest BCUT2D eigenvalue weighted by atomic mass is 31.0. The SMILES string of the molecule is [O-]c1ccc(-n2cc(P)nn2)cc1. The fourth-order valence-corrected chi connectivity index (χ4v) is 1.19. The number of aromatic nitrogens is 3. The lowest BCUT2D eigenvalue weighted by atomic mass is 10.3. The van der Waals surface area contributed by atoms with Crippen LogP contribution in [0.15, 0.2) is 30.5 Å². The molecule has 0 N–H and O–H groups in total. The van der Waals surface area contributed by atoms with E-state index in [0.717, 1.165) is 11.1 Å². The first-order chi connectivity index (χ1) is 6.25. The summed E-state index contributed by atoms with van der Waals surface area (Å²) in [6, 6.07) is 6.42. The Labute approximate surface area is 77.4 Å². The van der Waals surface area contributed by atoms with Gasteiger partial charge in [-0.25, -0.2) is 4.68 Å². The van der Waals surface area contributed by atoms with E-state index in [0.29, 0.717) is 0 Å². The lowest BCUT2D eigenvalue weighted by Crippen LogP contribution is -1.96. The van der Waals surface area contributed by atoms with Gasteiger partial charge in [0, 0.05) is 0 Å². The molecular weight excluding hydrogens is 185 g/mol. The van der Waals surface area contributed by atoms with Crippen molar-refractivity contribution in [3.63, 3.8) is 0 Å². The second-order valence-corrected chi connectivity index (χ2v) is 3.17. The van der Waals surface area contributed by atoms with Gasteiger partial charge in [-0.1, -0.05) is 26.6 Å². The molecule has 0 fully saturated rings. The minimum absolute atomic E-state index is 0.00466. The molecule has 0 aliphatic carbocycles. The summed E-state index contributed by atoms with van der Waals surface area (Å²) in [6.45, 7) is 0. The Balaban J connectivity index is 2.41. The monoisotopic (exact) mass is 192 g/mol. The molecule has 2 aromatic rings. The molecule has 2 rings (SSSR count). The van der Waals surface area contributed by atoms with Crippen LogP contribution in [0, 0.1) is 0 Å². The minimum Gasteiger partial charge on any atom is -0.872 e. The number of hydrogen-bond acceptors (Lipinski definition) is 3. The Morgan fingerprint density at radius 1 is 1.23 bits per heavy atom. The summed E-state index contributed by atoms with van der Waals surface area (Å²) in [5.41, 5.74) is 1.60. The number of nitrogens with zero attached hydrogens (tertiary/aromatic N) is 3. The third-order valence-corrected chi connectivity index (χ3v) is 1.88. The van der Waals surface area contributed by atoms with E-state index in [-0.39, 0.29) is 5.75 Å². The fourth-order valence-electron chi connectivity index (χ4n) is 1.00. The molecule has 1 aromatic carbocycles. The van der Waals surface area contributed by atoms with E-state index in [2.05, 4.69) is 19.6 Å². The van der Waals surface area contributed by atoms with Crippen LogP contribution in [-0.2, 0) is 0 Å². The van der Waals surface area contributed by atoms with Crippen LogP contribution in [0.3, 0.4) is 0 Å². The molecule has 1 aromatic heterocycles. The van der Waals surface area contributed by atoms with E-state index in [1.807, 2.05) is 0 Å². The van der Waals surface area contributed by atoms with Crippen molar-refractivity contribution < 1.29 is 5.11 Å². The third kappa shape index (κ3) is 1.68. The number of rotatable bonds is 1. The summed E-state index contributed by atoms with van der Waals surface area (Å²) in [5.74, 6) is -0.00466. The second-order valence-electron chi connectivity index (χ2n) is 2.58. The summed E-state index contributed by atoms with van der Waals surface area (Å²) in [6.07, 6.45) is 1.77. The van der Waals surface area contributed by atoms with Gasteiger partial charge < -0.3 is 5.11 Å². The molecule has 5 heteroatoms. The number of benzene rings is 1. The van der Waals surface area contributed by atoms with Crippen LogP contribution in [-0.4, -0.2) is 15.0 Å². The van der Waals surface area contributed by atoms with Gasteiger partial charge in [0.2, 0.25) is 0 Å². The lowest BCUT2D eigenvalue weighted by molar-refractivity contribution is -0.268. The van der Waals surface area contributed by atoms with Crippen LogP contribution in [0.4, 0.5) is 0 Å². The molecule has 0 saturated heterocycles. The van der Waals surface area contributed by atoms with Crippen LogP contribution in [0.5, 0.6) is 5.75 Å². The number of hydrogen-bond donors (Lipinski definition) is 0. The quantitative estimate of drug-likeness (QED) is 0.590. The van der Waals surface area contributed by atoms with E-state index in [1.165, 1.54) is 12.1 Å². The molecule has 0 saturated carbocycles. The largest absolute Gasteiger partial charge is 0.872 e. The summed E-state index contributed by atoms with van der Waals surface area (Å²) in [7, 11) is 2.45. The van der Waals surface area contributed by atoms with Crippen molar-refractivity contribution in [2.75, 3.05) is 0 Å². The minimum atomic E-state index is -0.00466. The normalized spacial score (nSPS) is 10.2. The molecule has 66 valence electrons. The smallest absolute Gasteiger partial charge is 0.0995 e.